The molecule has 0 radical (unpaired) electrons. The molecule has 0 N–H and O–H groups in total. The first-order chi connectivity index (χ1) is 7.61. The van der Waals surface area contributed by atoms with Crippen LogP contribution in [0.1, 0.15) is 26.7 Å². The maximum atomic E-state index is 12.2. The summed E-state index contributed by atoms with van der Waals surface area (Å²) in [6.07, 6.45) is 2.28. The van der Waals surface area contributed by atoms with Gasteiger partial charge in [0.15, 0.2) is 0 Å². The Balaban J connectivity index is 2.53. The van der Waals surface area contributed by atoms with Crippen molar-refractivity contribution in [1.82, 2.24) is 0 Å². The molecule has 0 bridgehead atoms. The Morgan fingerprint density at radius 3 is 2.50 bits per heavy atom. The largest absolute Gasteiger partial charge is 0.374 e. The Kier molecular flexibility index (Phi) is 5.70. The number of rotatable bonds is 7. The first-order valence-electron chi connectivity index (χ1n) is 5.78. The lowest BCUT2D eigenvalue weighted by atomic mass is 10.1. The van der Waals surface area contributed by atoms with Crippen molar-refractivity contribution in [3.63, 3.8) is 0 Å². The minimum Gasteiger partial charge on any atom is -0.374 e. The lowest BCUT2D eigenvalue weighted by molar-refractivity contribution is 0.136. The molecule has 1 saturated heterocycles. The third-order valence-electron chi connectivity index (χ3n) is 2.43. The molecule has 0 saturated carbocycles. The molecule has 1 heterocycles. The average molecular weight is 248 g/mol. The van der Waals surface area contributed by atoms with Gasteiger partial charge in [-0.25, -0.2) is 0 Å². The summed E-state index contributed by atoms with van der Waals surface area (Å²) in [5, 5.41) is 0. The van der Waals surface area contributed by atoms with Crippen LogP contribution in [0.3, 0.4) is 0 Å². The summed E-state index contributed by atoms with van der Waals surface area (Å²) in [4.78, 5) is 0. The van der Waals surface area contributed by atoms with Gasteiger partial charge in [0.2, 0.25) is 0 Å². The molecule has 4 nitrogen and oxygen atoms in total. The van der Waals surface area contributed by atoms with Gasteiger partial charge in [-0.1, -0.05) is 6.58 Å². The number of hydrogen-bond acceptors (Lipinski definition) is 4. The normalized spacial score (nSPS) is 21.2. The maximum absolute atomic E-state index is 12.2. The van der Waals surface area contributed by atoms with E-state index in [1.54, 1.807) is 13.8 Å². The van der Waals surface area contributed by atoms with Crippen molar-refractivity contribution in [2.45, 2.75) is 32.8 Å². The molecule has 1 aliphatic heterocycles. The van der Waals surface area contributed by atoms with Gasteiger partial charge < -0.3 is 13.8 Å². The van der Waals surface area contributed by atoms with Crippen LogP contribution < -0.4 is 0 Å². The van der Waals surface area contributed by atoms with Crippen molar-refractivity contribution in [1.29, 1.82) is 0 Å². The van der Waals surface area contributed by atoms with E-state index >= 15 is 0 Å². The van der Waals surface area contributed by atoms with Crippen molar-refractivity contribution in [3.8, 4) is 0 Å². The van der Waals surface area contributed by atoms with Gasteiger partial charge in [0.05, 0.1) is 25.5 Å². The minimum absolute atomic E-state index is 0.0224. The third-order valence-corrected chi connectivity index (χ3v) is 4.53. The van der Waals surface area contributed by atoms with E-state index in [0.29, 0.717) is 13.2 Å². The molecule has 0 aromatic carbocycles. The van der Waals surface area contributed by atoms with Gasteiger partial charge in [-0.05, 0) is 32.3 Å². The highest BCUT2D eigenvalue weighted by Crippen LogP contribution is 2.50. The van der Waals surface area contributed by atoms with E-state index < -0.39 is 7.60 Å². The fourth-order valence-electron chi connectivity index (χ4n) is 1.77. The summed E-state index contributed by atoms with van der Waals surface area (Å²) in [6.45, 7) is 9.07. The number of hydrogen-bond donors (Lipinski definition) is 0. The molecule has 0 aromatic heterocycles. The quantitative estimate of drug-likeness (QED) is 0.513. The standard InChI is InChI=1S/C11H21O4P/c1-4-14-16(12,15-5-2)9-10(3)11-7-6-8-13-11/h11H,3-9H2,1-2H3. The molecule has 0 amide bonds. The Bertz CT molecular complexity index is 261. The lowest BCUT2D eigenvalue weighted by Crippen LogP contribution is -2.13. The summed E-state index contributed by atoms with van der Waals surface area (Å²) in [5.74, 6) is 0. The van der Waals surface area contributed by atoms with Crippen LogP contribution in [0.25, 0.3) is 0 Å². The van der Waals surface area contributed by atoms with Crippen LogP contribution in [-0.4, -0.2) is 32.1 Å². The molecule has 94 valence electrons. The smallest absolute Gasteiger partial charge is 0.334 e. The van der Waals surface area contributed by atoms with Crippen LogP contribution in [0.2, 0.25) is 0 Å². The van der Waals surface area contributed by atoms with Gasteiger partial charge in [-0.2, -0.15) is 0 Å². The van der Waals surface area contributed by atoms with Gasteiger partial charge in [0.25, 0.3) is 0 Å². The highest BCUT2D eigenvalue weighted by molar-refractivity contribution is 7.54. The molecule has 5 heteroatoms. The van der Waals surface area contributed by atoms with Gasteiger partial charge in [-0.3, -0.25) is 4.57 Å². The molecule has 1 aliphatic rings. The molecule has 0 aliphatic carbocycles. The van der Waals surface area contributed by atoms with Crippen molar-refractivity contribution in [3.05, 3.63) is 12.2 Å². The molecular weight excluding hydrogens is 227 g/mol. The SMILES string of the molecule is C=C(CP(=O)(OCC)OCC)C1CCCO1. The van der Waals surface area contributed by atoms with Crippen LogP contribution in [0.15, 0.2) is 12.2 Å². The van der Waals surface area contributed by atoms with Crippen molar-refractivity contribution in [2.75, 3.05) is 26.0 Å². The molecular formula is C11H21O4P. The highest BCUT2D eigenvalue weighted by Gasteiger charge is 2.29. The predicted octanol–water partition coefficient (Wildman–Crippen LogP) is 2.99. The summed E-state index contributed by atoms with van der Waals surface area (Å²) < 4.78 is 28.1. The third kappa shape index (κ3) is 4.02. The van der Waals surface area contributed by atoms with Crippen LogP contribution in [0.5, 0.6) is 0 Å². The Labute approximate surface area is 97.5 Å². The second-order valence-corrected chi connectivity index (χ2v) is 5.82. The fraction of sp³-hybridized carbons (Fsp3) is 0.818. The van der Waals surface area contributed by atoms with Gasteiger partial charge in [-0.15, -0.1) is 0 Å². The second-order valence-electron chi connectivity index (χ2n) is 3.76. The van der Waals surface area contributed by atoms with Crippen LogP contribution in [0, 0.1) is 0 Å². The second kappa shape index (κ2) is 6.55. The highest BCUT2D eigenvalue weighted by atomic mass is 31.2. The predicted molar refractivity (Wildman–Crippen MR) is 63.8 cm³/mol. The van der Waals surface area contributed by atoms with E-state index in [9.17, 15) is 4.57 Å². The van der Waals surface area contributed by atoms with Gasteiger partial charge in [0.1, 0.15) is 0 Å². The van der Waals surface area contributed by atoms with Gasteiger partial charge in [0, 0.05) is 6.61 Å². The Morgan fingerprint density at radius 1 is 1.44 bits per heavy atom. The van der Waals surface area contributed by atoms with Crippen LogP contribution >= 0.6 is 7.60 Å². The number of ether oxygens (including phenoxy) is 1. The van der Waals surface area contributed by atoms with E-state index in [2.05, 4.69) is 6.58 Å². The van der Waals surface area contributed by atoms with Gasteiger partial charge >= 0.3 is 7.60 Å². The maximum Gasteiger partial charge on any atom is 0.334 e. The van der Waals surface area contributed by atoms with Crippen molar-refractivity contribution >= 4 is 7.60 Å². The van der Waals surface area contributed by atoms with Crippen LogP contribution in [-0.2, 0) is 18.3 Å². The van der Waals surface area contributed by atoms with E-state index in [-0.39, 0.29) is 12.3 Å². The summed E-state index contributed by atoms with van der Waals surface area (Å²) >= 11 is 0. The monoisotopic (exact) mass is 248 g/mol. The van der Waals surface area contributed by atoms with Crippen molar-refractivity contribution < 1.29 is 18.3 Å². The minimum atomic E-state index is -3.01. The average Bonchev–Trinajstić information content (AvgIpc) is 2.70. The van der Waals surface area contributed by atoms with E-state index in [0.717, 1.165) is 25.0 Å². The fourth-order valence-corrected chi connectivity index (χ4v) is 3.52. The zero-order valence-corrected chi connectivity index (χ0v) is 11.0. The first-order valence-corrected chi connectivity index (χ1v) is 7.51. The summed E-state index contributed by atoms with van der Waals surface area (Å²) in [5.41, 5.74) is 0.822. The van der Waals surface area contributed by atoms with E-state index in [4.69, 9.17) is 13.8 Å². The summed E-state index contributed by atoms with van der Waals surface area (Å²) in [6, 6.07) is 0. The Morgan fingerprint density at radius 2 is 2.06 bits per heavy atom. The van der Waals surface area contributed by atoms with Crippen LogP contribution in [0.4, 0.5) is 0 Å². The molecule has 0 spiro atoms. The van der Waals surface area contributed by atoms with E-state index in [1.807, 2.05) is 0 Å². The Hall–Kier alpha value is -0.150. The molecule has 1 fully saturated rings. The molecule has 0 aromatic rings. The summed E-state index contributed by atoms with van der Waals surface area (Å²) in [7, 11) is -3.01. The zero-order chi connectivity index (χ0) is 12.0. The van der Waals surface area contributed by atoms with E-state index in [1.165, 1.54) is 0 Å². The zero-order valence-electron chi connectivity index (χ0n) is 10.1. The molecule has 1 unspecified atom stereocenters. The molecule has 1 atom stereocenters. The topological polar surface area (TPSA) is 44.8 Å². The molecule has 1 rings (SSSR count). The van der Waals surface area contributed by atoms with Crippen molar-refractivity contribution in [2.24, 2.45) is 0 Å². The first kappa shape index (κ1) is 13.9. The lowest BCUT2D eigenvalue weighted by Gasteiger charge is -2.20. The molecule has 16 heavy (non-hydrogen) atoms.